The van der Waals surface area contributed by atoms with Crippen molar-refractivity contribution >= 4 is 87.1 Å². The van der Waals surface area contributed by atoms with Crippen LogP contribution in [0.25, 0.3) is 0 Å². The molecule has 0 radical (unpaired) electrons. The van der Waals surface area contributed by atoms with Gasteiger partial charge >= 0.3 is 0 Å². The quantitative estimate of drug-likeness (QED) is 0.176. The lowest BCUT2D eigenvalue weighted by molar-refractivity contribution is -0.117. The van der Waals surface area contributed by atoms with Gasteiger partial charge in [0.05, 0.1) is 10.9 Å². The van der Waals surface area contributed by atoms with E-state index in [9.17, 15) is 9.59 Å². The highest BCUT2D eigenvalue weighted by atomic mass is 35.5. The number of rotatable bonds is 7. The van der Waals surface area contributed by atoms with Gasteiger partial charge in [-0.05, 0) is 65.9 Å². The smallest absolute Gasteiger partial charge is 0.231 e. The number of thioether (sulfide) groups is 1. The molecule has 2 unspecified atom stereocenters. The molecular weight excluding hydrogens is 556 g/mol. The van der Waals surface area contributed by atoms with Crippen LogP contribution in [0.3, 0.4) is 0 Å². The van der Waals surface area contributed by atoms with E-state index in [-0.39, 0.29) is 18.1 Å². The number of carbonyl (C=O) groups excluding carboxylic acids is 2. The van der Waals surface area contributed by atoms with Gasteiger partial charge in [0.25, 0.3) is 0 Å². The third-order valence-electron chi connectivity index (χ3n) is 5.64. The maximum Gasteiger partial charge on any atom is 0.231 e. The minimum Gasteiger partial charge on any atom is -0.326 e. The first kappa shape index (κ1) is 25.7. The first-order chi connectivity index (χ1) is 16.1. The Morgan fingerprint density at radius 2 is 1.59 bits per heavy atom. The predicted molar refractivity (Wildman–Crippen MR) is 143 cm³/mol. The first-order valence-electron chi connectivity index (χ1n) is 10.2. The molecule has 1 aliphatic rings. The molecule has 1 N–H and O–H groups in total. The predicted octanol–water partition coefficient (Wildman–Crippen LogP) is 8.32. The van der Waals surface area contributed by atoms with Crippen LogP contribution in [0.4, 0.5) is 5.69 Å². The van der Waals surface area contributed by atoms with Gasteiger partial charge in [0.15, 0.2) is 5.78 Å². The maximum absolute atomic E-state index is 13.0. The SMILES string of the molecule is CSc1ccc(CC(=O)c2cc(NC(=O)C3C(c4cc(Cl)cc(Cl)c4)C3(Cl)Cl)ccc2Cl)cc1. The van der Waals surface area contributed by atoms with Gasteiger partial charge in [0, 0.05) is 38.5 Å². The number of hydrogen-bond donors (Lipinski definition) is 1. The van der Waals surface area contributed by atoms with Crippen LogP contribution >= 0.6 is 69.8 Å². The molecule has 1 fully saturated rings. The number of Topliss-reactive ketones (excluding diaryl/α,β-unsaturated/α-hetero) is 1. The zero-order chi connectivity index (χ0) is 24.6. The number of anilines is 1. The van der Waals surface area contributed by atoms with Crippen molar-refractivity contribution in [3.05, 3.63) is 92.4 Å². The summed E-state index contributed by atoms with van der Waals surface area (Å²) >= 11 is 33.0. The Labute approximate surface area is 227 Å². The normalized spacial score (nSPS) is 18.4. The Morgan fingerprint density at radius 1 is 0.941 bits per heavy atom. The lowest BCUT2D eigenvalue weighted by atomic mass is 10.0. The molecule has 0 heterocycles. The summed E-state index contributed by atoms with van der Waals surface area (Å²) in [5, 5.41) is 3.98. The molecule has 3 aromatic rings. The molecule has 4 rings (SSSR count). The van der Waals surface area contributed by atoms with Gasteiger partial charge in [-0.25, -0.2) is 0 Å². The molecule has 176 valence electrons. The molecule has 1 aliphatic carbocycles. The fraction of sp³-hybridized carbons (Fsp3) is 0.200. The van der Waals surface area contributed by atoms with Crippen LogP contribution in [0.2, 0.25) is 15.1 Å². The summed E-state index contributed by atoms with van der Waals surface area (Å²) in [6.07, 6.45) is 2.19. The molecule has 0 spiro atoms. The Bertz CT molecular complexity index is 1240. The summed E-state index contributed by atoms with van der Waals surface area (Å²) in [6.45, 7) is 0. The van der Waals surface area contributed by atoms with E-state index in [1.54, 1.807) is 48.2 Å². The van der Waals surface area contributed by atoms with Crippen LogP contribution in [0.5, 0.6) is 0 Å². The van der Waals surface area contributed by atoms with Crippen molar-refractivity contribution in [3.63, 3.8) is 0 Å². The molecule has 2 atom stereocenters. The first-order valence-corrected chi connectivity index (χ1v) is 13.3. The zero-order valence-corrected chi connectivity index (χ0v) is 22.3. The number of nitrogens with one attached hydrogen (secondary N) is 1. The van der Waals surface area contributed by atoms with E-state index in [1.165, 1.54) is 0 Å². The average Bonchev–Trinajstić information content (AvgIpc) is 3.37. The lowest BCUT2D eigenvalue weighted by Crippen LogP contribution is -2.17. The van der Waals surface area contributed by atoms with Gasteiger partial charge in [-0.3, -0.25) is 9.59 Å². The van der Waals surface area contributed by atoms with Crippen molar-refractivity contribution < 1.29 is 9.59 Å². The second-order valence-electron chi connectivity index (χ2n) is 7.96. The fourth-order valence-electron chi connectivity index (χ4n) is 3.88. The molecule has 0 aromatic heterocycles. The Balaban J connectivity index is 1.49. The number of carbonyl (C=O) groups is 2. The van der Waals surface area contributed by atoms with Crippen molar-refractivity contribution in [2.75, 3.05) is 11.6 Å². The Hall–Kier alpha value is -1.40. The maximum atomic E-state index is 13.0. The molecule has 0 saturated heterocycles. The molecule has 3 aromatic carbocycles. The highest BCUT2D eigenvalue weighted by molar-refractivity contribution is 7.98. The monoisotopic (exact) mass is 571 g/mol. The van der Waals surface area contributed by atoms with Gasteiger partial charge in [-0.2, -0.15) is 0 Å². The second kappa shape index (κ2) is 10.3. The molecule has 0 aliphatic heterocycles. The highest BCUT2D eigenvalue weighted by Crippen LogP contribution is 2.65. The number of amides is 1. The standard InChI is InChI=1S/C25H18Cl5NO2S/c1-34-18-5-2-13(3-6-18)8-21(32)19-12-17(4-7-20(19)28)31-24(33)23-22(25(23,29)30)14-9-15(26)11-16(27)10-14/h2-7,9-12,22-23H,8H2,1H3,(H,31,33). The van der Waals surface area contributed by atoms with Crippen LogP contribution < -0.4 is 5.32 Å². The van der Waals surface area contributed by atoms with Crippen LogP contribution in [-0.4, -0.2) is 22.3 Å². The van der Waals surface area contributed by atoms with Crippen molar-refractivity contribution in [2.24, 2.45) is 5.92 Å². The van der Waals surface area contributed by atoms with Gasteiger partial charge in [0.2, 0.25) is 5.91 Å². The van der Waals surface area contributed by atoms with E-state index in [4.69, 9.17) is 58.0 Å². The van der Waals surface area contributed by atoms with Crippen LogP contribution in [0.1, 0.15) is 27.4 Å². The number of alkyl halides is 2. The molecule has 34 heavy (non-hydrogen) atoms. The lowest BCUT2D eigenvalue weighted by Gasteiger charge is -2.10. The molecular formula is C25H18Cl5NO2S. The van der Waals surface area contributed by atoms with E-state index in [0.29, 0.717) is 31.9 Å². The largest absolute Gasteiger partial charge is 0.326 e. The number of hydrogen-bond acceptors (Lipinski definition) is 3. The summed E-state index contributed by atoms with van der Waals surface area (Å²) in [5.74, 6) is -1.71. The third-order valence-corrected chi connectivity index (χ3v) is 8.09. The Morgan fingerprint density at radius 3 is 2.21 bits per heavy atom. The van der Waals surface area contributed by atoms with Gasteiger partial charge in [0.1, 0.15) is 4.33 Å². The second-order valence-corrected chi connectivity index (χ2v) is 11.6. The number of ketones is 1. The van der Waals surface area contributed by atoms with Gasteiger partial charge in [-0.15, -0.1) is 35.0 Å². The third kappa shape index (κ3) is 5.53. The fourth-order valence-corrected chi connectivity index (χ4v) is 5.89. The topological polar surface area (TPSA) is 46.2 Å². The average molecular weight is 574 g/mol. The van der Waals surface area contributed by atoms with Gasteiger partial charge < -0.3 is 5.32 Å². The molecule has 1 saturated carbocycles. The van der Waals surface area contributed by atoms with Crippen molar-refractivity contribution in [3.8, 4) is 0 Å². The summed E-state index contributed by atoms with van der Waals surface area (Å²) in [4.78, 5) is 27.0. The van der Waals surface area contributed by atoms with Crippen LogP contribution in [-0.2, 0) is 11.2 Å². The summed E-state index contributed by atoms with van der Waals surface area (Å²) in [5.41, 5.74) is 2.31. The van der Waals surface area contributed by atoms with E-state index in [0.717, 1.165) is 10.5 Å². The minimum atomic E-state index is -1.30. The number of halogens is 5. The zero-order valence-electron chi connectivity index (χ0n) is 17.7. The molecule has 9 heteroatoms. The van der Waals surface area contributed by atoms with E-state index >= 15 is 0 Å². The van der Waals surface area contributed by atoms with E-state index < -0.39 is 16.2 Å². The molecule has 0 bridgehead atoms. The van der Waals surface area contributed by atoms with E-state index in [1.807, 2.05) is 30.5 Å². The number of benzene rings is 3. The minimum absolute atomic E-state index is 0.153. The van der Waals surface area contributed by atoms with Crippen molar-refractivity contribution in [1.29, 1.82) is 0 Å². The van der Waals surface area contributed by atoms with E-state index in [2.05, 4.69) is 5.32 Å². The van der Waals surface area contributed by atoms with Crippen LogP contribution in [0.15, 0.2) is 65.6 Å². The van der Waals surface area contributed by atoms with Crippen LogP contribution in [0, 0.1) is 5.92 Å². The highest BCUT2D eigenvalue weighted by Gasteiger charge is 2.67. The summed E-state index contributed by atoms with van der Waals surface area (Å²) in [6, 6.07) is 17.5. The molecule has 1 amide bonds. The Kier molecular flexibility index (Phi) is 7.78. The van der Waals surface area contributed by atoms with Crippen molar-refractivity contribution in [2.45, 2.75) is 21.6 Å². The summed E-state index contributed by atoms with van der Waals surface area (Å²) in [7, 11) is 0. The summed E-state index contributed by atoms with van der Waals surface area (Å²) < 4.78 is -1.30. The molecule has 3 nitrogen and oxygen atoms in total. The van der Waals surface area contributed by atoms with Crippen molar-refractivity contribution in [1.82, 2.24) is 0 Å². The van der Waals surface area contributed by atoms with Gasteiger partial charge in [-0.1, -0.05) is 46.9 Å².